The van der Waals surface area contributed by atoms with E-state index in [2.05, 4.69) is 21.0 Å². The summed E-state index contributed by atoms with van der Waals surface area (Å²) in [7, 11) is 0. The van der Waals surface area contributed by atoms with Gasteiger partial charge in [-0.25, -0.2) is 4.79 Å². The van der Waals surface area contributed by atoms with Gasteiger partial charge in [0.2, 0.25) is 0 Å². The molecule has 1 aromatic rings. The second kappa shape index (κ2) is 9.23. The molecule has 10 heteroatoms. The zero-order chi connectivity index (χ0) is 23.0. The van der Waals surface area contributed by atoms with Crippen molar-refractivity contribution in [2.75, 3.05) is 19.8 Å². The molecule has 2 aliphatic carbocycles. The quantitative estimate of drug-likeness (QED) is 0.223. The Kier molecular flexibility index (Phi) is 6.57. The minimum Gasteiger partial charge on any atom is -0.490 e. The van der Waals surface area contributed by atoms with Gasteiger partial charge in [-0.3, -0.25) is 9.59 Å². The lowest BCUT2D eigenvalue weighted by Crippen LogP contribution is -2.28. The summed E-state index contributed by atoms with van der Waals surface area (Å²) in [6.45, 7) is 3.73. The van der Waals surface area contributed by atoms with E-state index in [1.165, 1.54) is 6.21 Å². The fourth-order valence-electron chi connectivity index (χ4n) is 4.55. The van der Waals surface area contributed by atoms with Crippen molar-refractivity contribution in [1.82, 2.24) is 5.01 Å². The molecule has 1 saturated carbocycles. The van der Waals surface area contributed by atoms with Gasteiger partial charge >= 0.3 is 5.97 Å². The number of fused-ring (bicyclic) bond motifs is 5. The van der Waals surface area contributed by atoms with E-state index in [0.717, 1.165) is 11.4 Å². The van der Waals surface area contributed by atoms with Crippen molar-refractivity contribution in [3.8, 4) is 11.5 Å². The van der Waals surface area contributed by atoms with Crippen LogP contribution < -0.4 is 9.47 Å². The predicted molar refractivity (Wildman–Crippen MR) is 120 cm³/mol. The summed E-state index contributed by atoms with van der Waals surface area (Å²) < 4.78 is 16.4. The fourth-order valence-corrected chi connectivity index (χ4v) is 5.20. The molecule has 4 atom stereocenters. The minimum atomic E-state index is -0.534. The van der Waals surface area contributed by atoms with E-state index in [-0.39, 0.29) is 59.5 Å². The van der Waals surface area contributed by atoms with Crippen molar-refractivity contribution in [2.24, 2.45) is 28.8 Å². The second-order valence-electron chi connectivity index (χ2n) is 7.68. The highest BCUT2D eigenvalue weighted by molar-refractivity contribution is 9.10. The molecule has 170 valence electrons. The summed E-state index contributed by atoms with van der Waals surface area (Å²) in [6, 6.07) is 1.61. The van der Waals surface area contributed by atoms with E-state index in [0.29, 0.717) is 22.4 Å². The monoisotopic (exact) mass is 524 g/mol. The van der Waals surface area contributed by atoms with E-state index in [1.807, 2.05) is 12.2 Å². The first-order chi connectivity index (χ1) is 15.4. The van der Waals surface area contributed by atoms with Crippen LogP contribution >= 0.6 is 27.5 Å². The van der Waals surface area contributed by atoms with E-state index in [4.69, 9.17) is 25.8 Å². The maximum absolute atomic E-state index is 12.8. The molecule has 1 heterocycles. The number of benzene rings is 1. The van der Waals surface area contributed by atoms with Gasteiger partial charge in [0.05, 0.1) is 31.3 Å². The van der Waals surface area contributed by atoms with Gasteiger partial charge in [0.1, 0.15) is 5.02 Å². The third-order valence-electron chi connectivity index (χ3n) is 5.85. The number of amides is 2. The zero-order valence-electron chi connectivity index (χ0n) is 17.5. The number of nitrogens with zero attached hydrogens (tertiary/aromatic N) is 2. The number of imide groups is 1. The van der Waals surface area contributed by atoms with Crippen LogP contribution in [0.3, 0.4) is 0 Å². The van der Waals surface area contributed by atoms with Crippen LogP contribution in [0.5, 0.6) is 11.5 Å². The highest BCUT2D eigenvalue weighted by Gasteiger charge is 2.59. The van der Waals surface area contributed by atoms with Gasteiger partial charge in [-0.2, -0.15) is 10.1 Å². The van der Waals surface area contributed by atoms with Crippen molar-refractivity contribution >= 4 is 51.5 Å². The first-order valence-corrected chi connectivity index (χ1v) is 11.6. The fraction of sp³-hybridized carbons (Fsp3) is 0.455. The summed E-state index contributed by atoms with van der Waals surface area (Å²) in [5, 5.41) is 5.32. The Morgan fingerprint density at radius 2 is 1.84 bits per heavy atom. The highest BCUT2D eigenvalue weighted by atomic mass is 79.9. The van der Waals surface area contributed by atoms with Gasteiger partial charge in [0, 0.05) is 10.0 Å². The first-order valence-electron chi connectivity index (χ1n) is 10.4. The number of allylic oxidation sites excluding steroid dienone is 2. The van der Waals surface area contributed by atoms with E-state index in [9.17, 15) is 14.4 Å². The second-order valence-corrected chi connectivity index (χ2v) is 8.85. The predicted octanol–water partition coefficient (Wildman–Crippen LogP) is 3.58. The zero-order valence-corrected chi connectivity index (χ0v) is 19.9. The number of hydrazone groups is 1. The molecule has 0 unspecified atom stereocenters. The molecule has 2 amide bonds. The lowest BCUT2D eigenvalue weighted by Gasteiger charge is -2.16. The number of hydrogen-bond acceptors (Lipinski definition) is 7. The maximum atomic E-state index is 12.8. The number of esters is 1. The van der Waals surface area contributed by atoms with Crippen molar-refractivity contribution in [3.05, 3.63) is 33.3 Å². The number of halogens is 2. The molecule has 0 radical (unpaired) electrons. The van der Waals surface area contributed by atoms with Gasteiger partial charge in [0.25, 0.3) is 11.8 Å². The van der Waals surface area contributed by atoms with E-state index < -0.39 is 5.97 Å². The minimum absolute atomic E-state index is 0.114. The highest BCUT2D eigenvalue weighted by Crippen LogP contribution is 2.52. The Labute approximate surface area is 198 Å². The van der Waals surface area contributed by atoms with Crippen molar-refractivity contribution in [1.29, 1.82) is 0 Å². The smallest absolute Gasteiger partial charge is 0.344 e. The summed E-state index contributed by atoms with van der Waals surface area (Å²) in [6.07, 6.45) is 6.31. The number of ether oxygens (including phenoxy) is 3. The van der Waals surface area contributed by atoms with Gasteiger partial charge in [0.15, 0.2) is 18.1 Å². The van der Waals surface area contributed by atoms with Crippen LogP contribution in [0, 0.1) is 23.7 Å². The summed E-state index contributed by atoms with van der Waals surface area (Å²) >= 11 is 9.85. The molecule has 2 fully saturated rings. The summed E-state index contributed by atoms with van der Waals surface area (Å²) in [4.78, 5) is 37.3. The van der Waals surface area contributed by atoms with E-state index >= 15 is 0 Å². The Hall–Kier alpha value is -2.39. The van der Waals surface area contributed by atoms with E-state index in [1.54, 1.807) is 19.9 Å². The molecule has 2 bridgehead atoms. The Bertz CT molecular complexity index is 996. The molecular weight excluding hydrogens is 504 g/mol. The Morgan fingerprint density at radius 1 is 1.19 bits per heavy atom. The Morgan fingerprint density at radius 3 is 2.44 bits per heavy atom. The molecule has 32 heavy (non-hydrogen) atoms. The number of hydrogen-bond donors (Lipinski definition) is 0. The van der Waals surface area contributed by atoms with Crippen molar-refractivity contribution in [2.45, 2.75) is 20.3 Å². The SMILES string of the molecule is CCOC(=O)COc1c(OCC)cc(C=NN2C(=O)[C@@H]3[C@H](C2=O)[C@H]2C=C[C@H]3C2)c(Br)c1Cl. The van der Waals surface area contributed by atoms with Crippen molar-refractivity contribution < 1.29 is 28.6 Å². The normalized spacial score (nSPS) is 25.7. The third-order valence-corrected chi connectivity index (χ3v) is 7.30. The topological polar surface area (TPSA) is 94.5 Å². The molecule has 1 aromatic carbocycles. The van der Waals surface area contributed by atoms with Crippen LogP contribution in [0.4, 0.5) is 0 Å². The molecule has 0 spiro atoms. The molecule has 0 N–H and O–H groups in total. The molecule has 1 saturated heterocycles. The molecular formula is C22H22BrClN2O6. The largest absolute Gasteiger partial charge is 0.490 e. The first kappa shape index (κ1) is 22.8. The lowest BCUT2D eigenvalue weighted by molar-refractivity contribution is -0.145. The molecule has 8 nitrogen and oxygen atoms in total. The average Bonchev–Trinajstić information content (AvgIpc) is 3.44. The van der Waals surface area contributed by atoms with Gasteiger partial charge < -0.3 is 14.2 Å². The summed E-state index contributed by atoms with van der Waals surface area (Å²) in [5.41, 5.74) is 0.487. The number of carbonyl (C=O) groups is 3. The third kappa shape index (κ3) is 3.92. The lowest BCUT2D eigenvalue weighted by atomic mass is 9.85. The number of carbonyl (C=O) groups excluding carboxylic acids is 3. The molecule has 3 aliphatic rings. The Balaban J connectivity index is 1.57. The van der Waals surface area contributed by atoms with Crippen LogP contribution in [-0.2, 0) is 19.1 Å². The van der Waals surface area contributed by atoms with Crippen LogP contribution in [0.1, 0.15) is 25.8 Å². The average molecular weight is 526 g/mol. The molecule has 0 aromatic heterocycles. The standard InChI is InChI=1S/C22H22BrClN2O6/c1-3-30-14-8-13(18(23)19(24)20(14)32-10-15(27)31-4-2)9-25-26-21(28)16-11-5-6-12(7-11)17(16)22(26)29/h5-6,8-9,11-12,16-17H,3-4,7,10H2,1-2H3/t11-,12-,16-,17+/m0/s1. The van der Waals surface area contributed by atoms with Gasteiger partial charge in [-0.05, 0) is 54.1 Å². The molecule has 4 rings (SSSR count). The van der Waals surface area contributed by atoms with Crippen LogP contribution in [-0.4, -0.2) is 48.8 Å². The van der Waals surface area contributed by atoms with Crippen LogP contribution in [0.25, 0.3) is 0 Å². The number of rotatable bonds is 8. The molecule has 1 aliphatic heterocycles. The van der Waals surface area contributed by atoms with Crippen molar-refractivity contribution in [3.63, 3.8) is 0 Å². The van der Waals surface area contributed by atoms with Crippen LogP contribution in [0.2, 0.25) is 5.02 Å². The van der Waals surface area contributed by atoms with Gasteiger partial charge in [-0.15, -0.1) is 0 Å². The maximum Gasteiger partial charge on any atom is 0.344 e. The van der Waals surface area contributed by atoms with Gasteiger partial charge in [-0.1, -0.05) is 23.8 Å². The van der Waals surface area contributed by atoms with Crippen LogP contribution in [0.15, 0.2) is 27.8 Å². The summed E-state index contributed by atoms with van der Waals surface area (Å²) in [5.74, 6) is -1.01.